The van der Waals surface area contributed by atoms with Crippen LogP contribution in [0.4, 0.5) is 0 Å². The monoisotopic (exact) mass is 574 g/mol. The molecule has 0 aromatic heterocycles. The van der Waals surface area contributed by atoms with Crippen LogP contribution in [0.25, 0.3) is 0 Å². The highest BCUT2D eigenvalue weighted by Crippen LogP contribution is 2.11. The molecule has 0 radical (unpaired) electrons. The first-order valence-electron chi connectivity index (χ1n) is 16.3. The Labute approximate surface area is 245 Å². The van der Waals surface area contributed by atoms with Crippen molar-refractivity contribution >= 4 is 11.9 Å². The van der Waals surface area contributed by atoms with Crippen LogP contribution in [0.5, 0.6) is 0 Å². The van der Waals surface area contributed by atoms with Gasteiger partial charge in [0.2, 0.25) is 0 Å². The molecule has 0 aromatic rings. The second-order valence-corrected chi connectivity index (χ2v) is 10.3. The van der Waals surface area contributed by atoms with Crippen molar-refractivity contribution in [2.45, 2.75) is 129 Å². The molecule has 8 nitrogen and oxygen atoms in total. The van der Waals surface area contributed by atoms with Crippen LogP contribution in [0.1, 0.15) is 129 Å². The molecule has 0 rings (SSSR count). The molecule has 238 valence electrons. The van der Waals surface area contributed by atoms with Crippen LogP contribution in [-0.2, 0) is 38.0 Å². The summed E-state index contributed by atoms with van der Waals surface area (Å²) in [4.78, 5) is 23.4. The second-order valence-electron chi connectivity index (χ2n) is 10.3. The van der Waals surface area contributed by atoms with Crippen molar-refractivity contribution < 1.29 is 38.0 Å². The third-order valence-corrected chi connectivity index (χ3v) is 6.57. The van der Waals surface area contributed by atoms with E-state index in [2.05, 4.69) is 13.8 Å². The maximum atomic E-state index is 11.7. The number of carbonyl (C=O) groups excluding carboxylic acids is 2. The minimum absolute atomic E-state index is 0.135. The summed E-state index contributed by atoms with van der Waals surface area (Å²) in [6.45, 7) is 8.60. The van der Waals surface area contributed by atoms with Gasteiger partial charge in [-0.3, -0.25) is 9.59 Å². The molecule has 0 heterocycles. The molecule has 0 atom stereocenters. The largest absolute Gasteiger partial charge is 0.463 e. The van der Waals surface area contributed by atoms with E-state index < -0.39 is 0 Å². The van der Waals surface area contributed by atoms with E-state index >= 15 is 0 Å². The van der Waals surface area contributed by atoms with Gasteiger partial charge < -0.3 is 28.4 Å². The maximum Gasteiger partial charge on any atom is 0.305 e. The molecule has 0 fully saturated rings. The molecule has 0 N–H and O–H groups in total. The summed E-state index contributed by atoms with van der Waals surface area (Å²) in [5, 5.41) is 0. The van der Waals surface area contributed by atoms with Crippen LogP contribution in [0.2, 0.25) is 0 Å². The Balaban J connectivity index is 3.19. The summed E-state index contributed by atoms with van der Waals surface area (Å²) < 4.78 is 32.1. The number of carbonyl (C=O) groups is 2. The van der Waals surface area contributed by atoms with Crippen LogP contribution in [0.15, 0.2) is 0 Å². The molecule has 0 aliphatic carbocycles. The molecular weight excluding hydrogens is 512 g/mol. The van der Waals surface area contributed by atoms with E-state index in [-0.39, 0.29) is 25.2 Å². The van der Waals surface area contributed by atoms with Gasteiger partial charge in [0.05, 0.1) is 52.9 Å². The summed E-state index contributed by atoms with van der Waals surface area (Å²) in [6.07, 6.45) is 20.4. The Morgan fingerprint density at radius 2 is 0.600 bits per heavy atom. The zero-order valence-corrected chi connectivity index (χ0v) is 26.1. The van der Waals surface area contributed by atoms with Gasteiger partial charge in [0.1, 0.15) is 13.2 Å². The van der Waals surface area contributed by atoms with Gasteiger partial charge in [0.15, 0.2) is 0 Å². The molecule has 8 heteroatoms. The van der Waals surface area contributed by atoms with Gasteiger partial charge in [-0.1, -0.05) is 104 Å². The lowest BCUT2D eigenvalue weighted by atomic mass is 10.1. The van der Waals surface area contributed by atoms with Gasteiger partial charge >= 0.3 is 11.9 Å². The first-order valence-corrected chi connectivity index (χ1v) is 16.3. The first-order chi connectivity index (χ1) is 19.7. The molecule has 0 saturated carbocycles. The molecule has 40 heavy (non-hydrogen) atoms. The van der Waals surface area contributed by atoms with Crippen molar-refractivity contribution in [1.82, 2.24) is 0 Å². The molecular formula is C32H62O8. The van der Waals surface area contributed by atoms with Gasteiger partial charge in [0, 0.05) is 12.8 Å². The molecule has 0 unspecified atom stereocenters. The first kappa shape index (κ1) is 38.8. The highest BCUT2D eigenvalue weighted by atomic mass is 16.6. The second kappa shape index (κ2) is 34.0. The fraction of sp³-hybridized carbons (Fsp3) is 0.938. The van der Waals surface area contributed by atoms with Crippen molar-refractivity contribution in [2.75, 3.05) is 66.1 Å². The predicted molar refractivity (Wildman–Crippen MR) is 160 cm³/mol. The minimum atomic E-state index is -0.139. The Bertz CT molecular complexity index is 529. The van der Waals surface area contributed by atoms with E-state index in [1.54, 1.807) is 0 Å². The van der Waals surface area contributed by atoms with Crippen LogP contribution < -0.4 is 0 Å². The lowest BCUT2D eigenvalue weighted by Crippen LogP contribution is -2.15. The summed E-state index contributed by atoms with van der Waals surface area (Å²) in [7, 11) is 0. The average molecular weight is 575 g/mol. The predicted octanol–water partition coefficient (Wildman–Crippen LogP) is 7.20. The fourth-order valence-corrected chi connectivity index (χ4v) is 4.14. The number of esters is 2. The molecule has 0 saturated heterocycles. The topological polar surface area (TPSA) is 89.5 Å². The van der Waals surface area contributed by atoms with E-state index in [4.69, 9.17) is 28.4 Å². The number of hydrogen-bond acceptors (Lipinski definition) is 8. The maximum absolute atomic E-state index is 11.7. The highest BCUT2D eigenvalue weighted by Gasteiger charge is 2.04. The Kier molecular flexibility index (Phi) is 32.9. The van der Waals surface area contributed by atoms with E-state index in [9.17, 15) is 9.59 Å². The van der Waals surface area contributed by atoms with Crippen LogP contribution >= 0.6 is 0 Å². The summed E-state index contributed by atoms with van der Waals surface area (Å²) in [6, 6.07) is 0. The van der Waals surface area contributed by atoms with Gasteiger partial charge in [-0.25, -0.2) is 0 Å². The lowest BCUT2D eigenvalue weighted by Gasteiger charge is -2.08. The molecule has 0 amide bonds. The third kappa shape index (κ3) is 33.0. The standard InChI is InChI=1S/C32H62O8/c1-3-5-7-9-11-12-14-16-18-20-32(34)40-30-28-38-26-24-36-22-21-35-23-25-37-27-29-39-31(33)19-17-15-13-10-8-6-4-2/h3-30H2,1-2H3. The van der Waals surface area contributed by atoms with Crippen molar-refractivity contribution in [3.8, 4) is 0 Å². The van der Waals surface area contributed by atoms with Crippen LogP contribution in [0, 0.1) is 0 Å². The van der Waals surface area contributed by atoms with Gasteiger partial charge in [0.25, 0.3) is 0 Å². The Morgan fingerprint density at radius 1 is 0.350 bits per heavy atom. The minimum Gasteiger partial charge on any atom is -0.463 e. The summed E-state index contributed by atoms with van der Waals surface area (Å²) in [5.41, 5.74) is 0. The van der Waals surface area contributed by atoms with Crippen molar-refractivity contribution in [1.29, 1.82) is 0 Å². The quantitative estimate of drug-likeness (QED) is 0.0600. The highest BCUT2D eigenvalue weighted by molar-refractivity contribution is 5.69. The number of hydrogen-bond donors (Lipinski definition) is 0. The van der Waals surface area contributed by atoms with Crippen LogP contribution in [0.3, 0.4) is 0 Å². The van der Waals surface area contributed by atoms with Crippen LogP contribution in [-0.4, -0.2) is 78.0 Å². The van der Waals surface area contributed by atoms with Gasteiger partial charge in [-0.05, 0) is 12.8 Å². The molecule has 0 bridgehead atoms. The summed E-state index contributed by atoms with van der Waals surface area (Å²) in [5.74, 6) is -0.274. The molecule has 0 aromatic carbocycles. The van der Waals surface area contributed by atoms with Gasteiger partial charge in [-0.2, -0.15) is 0 Å². The SMILES string of the molecule is CCCCCCCCCCCC(=O)OCCOCCOCCOCCOCCOC(=O)CCCCCCCCC. The van der Waals surface area contributed by atoms with Gasteiger partial charge in [-0.15, -0.1) is 0 Å². The van der Waals surface area contributed by atoms with Crippen molar-refractivity contribution in [2.24, 2.45) is 0 Å². The fourth-order valence-electron chi connectivity index (χ4n) is 4.14. The van der Waals surface area contributed by atoms with E-state index in [1.165, 1.54) is 77.0 Å². The lowest BCUT2D eigenvalue weighted by molar-refractivity contribution is -0.146. The molecule has 0 aliphatic heterocycles. The number of ether oxygens (including phenoxy) is 6. The molecule has 0 aliphatic rings. The number of rotatable bonds is 33. The van der Waals surface area contributed by atoms with E-state index in [0.717, 1.165) is 25.7 Å². The van der Waals surface area contributed by atoms with Crippen molar-refractivity contribution in [3.05, 3.63) is 0 Å². The number of unbranched alkanes of at least 4 members (excludes halogenated alkanes) is 14. The Morgan fingerprint density at radius 3 is 0.900 bits per heavy atom. The smallest absolute Gasteiger partial charge is 0.305 e. The normalized spacial score (nSPS) is 11.2. The summed E-state index contributed by atoms with van der Waals surface area (Å²) >= 11 is 0. The third-order valence-electron chi connectivity index (χ3n) is 6.57. The Hall–Kier alpha value is -1.22. The zero-order valence-electron chi connectivity index (χ0n) is 26.1. The molecule has 0 spiro atoms. The average Bonchev–Trinajstić information content (AvgIpc) is 2.95. The zero-order chi connectivity index (χ0) is 29.2. The van der Waals surface area contributed by atoms with E-state index in [0.29, 0.717) is 65.7 Å². The van der Waals surface area contributed by atoms with E-state index in [1.807, 2.05) is 0 Å². The van der Waals surface area contributed by atoms with Crippen molar-refractivity contribution in [3.63, 3.8) is 0 Å².